The van der Waals surface area contributed by atoms with Gasteiger partial charge in [0.2, 0.25) is 11.8 Å². The summed E-state index contributed by atoms with van der Waals surface area (Å²) in [6, 6.07) is 6.59. The van der Waals surface area contributed by atoms with Crippen LogP contribution in [0, 0.1) is 5.92 Å². The summed E-state index contributed by atoms with van der Waals surface area (Å²) in [5.41, 5.74) is 0.634. The number of benzene rings is 1. The predicted octanol–water partition coefficient (Wildman–Crippen LogP) is 3.48. The van der Waals surface area contributed by atoms with E-state index in [0.717, 1.165) is 31.2 Å². The third kappa shape index (κ3) is 10.2. The van der Waals surface area contributed by atoms with Gasteiger partial charge in [0, 0.05) is 31.4 Å². The molecule has 6 N–H and O–H groups in total. The molecule has 0 saturated heterocycles. The minimum atomic E-state index is -1.06. The van der Waals surface area contributed by atoms with Crippen LogP contribution in [0.2, 0.25) is 0 Å². The molecule has 0 spiro atoms. The lowest BCUT2D eigenvalue weighted by Gasteiger charge is -2.31. The molecule has 1 saturated carbocycles. The van der Waals surface area contributed by atoms with Gasteiger partial charge in [-0.3, -0.25) is 9.59 Å². The largest absolute Gasteiger partial charge is 0.444 e. The fraction of sp³-hybridized carbons (Fsp3) is 0.531. The number of H-pyrrole nitrogens is 2. The van der Waals surface area contributed by atoms with Gasteiger partial charge < -0.3 is 35.8 Å². The Morgan fingerprint density at radius 3 is 2.32 bits per heavy atom. The highest BCUT2D eigenvalue weighted by molar-refractivity contribution is 5.91. The topological polar surface area (TPSA) is 174 Å². The van der Waals surface area contributed by atoms with Crippen molar-refractivity contribution in [1.29, 1.82) is 0 Å². The summed E-state index contributed by atoms with van der Waals surface area (Å²) in [5.74, 6) is -0.302. The number of imidazole rings is 2. The molecular weight excluding hydrogens is 562 g/mol. The Kier molecular flexibility index (Phi) is 11.5. The molecule has 2 heterocycles. The number of aromatic nitrogens is 4. The van der Waals surface area contributed by atoms with Gasteiger partial charge in [0.25, 0.3) is 0 Å². The second-order valence-electron chi connectivity index (χ2n) is 12.5. The van der Waals surface area contributed by atoms with E-state index in [0.29, 0.717) is 23.9 Å². The van der Waals surface area contributed by atoms with Crippen molar-refractivity contribution < 1.29 is 24.2 Å². The molecule has 44 heavy (non-hydrogen) atoms. The third-order valence-electron chi connectivity index (χ3n) is 7.71. The molecule has 4 rings (SSSR count). The fourth-order valence-corrected chi connectivity index (χ4v) is 5.56. The Labute approximate surface area is 258 Å². The van der Waals surface area contributed by atoms with Crippen molar-refractivity contribution in [2.24, 2.45) is 5.92 Å². The van der Waals surface area contributed by atoms with Crippen LogP contribution in [-0.4, -0.2) is 66.7 Å². The van der Waals surface area contributed by atoms with Gasteiger partial charge in [0.1, 0.15) is 29.6 Å². The lowest BCUT2D eigenvalue weighted by molar-refractivity contribution is -0.131. The maximum atomic E-state index is 13.9. The Morgan fingerprint density at radius 2 is 1.68 bits per heavy atom. The molecule has 0 aliphatic heterocycles. The van der Waals surface area contributed by atoms with Crippen LogP contribution in [0.4, 0.5) is 4.79 Å². The number of alkyl carbamates (subject to hydrolysis) is 1. The highest BCUT2D eigenvalue weighted by Crippen LogP contribution is 2.30. The number of nitrogens with zero attached hydrogens (tertiary/aromatic N) is 2. The Bertz CT molecular complexity index is 1300. The molecule has 0 bridgehead atoms. The lowest BCUT2D eigenvalue weighted by Crippen LogP contribution is -2.57. The summed E-state index contributed by atoms with van der Waals surface area (Å²) in [4.78, 5) is 54.7. The average molecular weight is 608 g/mol. The Balaban J connectivity index is 1.54. The van der Waals surface area contributed by atoms with Crippen molar-refractivity contribution in [2.75, 3.05) is 0 Å². The van der Waals surface area contributed by atoms with Gasteiger partial charge in [0.05, 0.1) is 18.1 Å². The summed E-state index contributed by atoms with van der Waals surface area (Å²) in [5, 5.41) is 19.8. The van der Waals surface area contributed by atoms with Crippen LogP contribution in [0.3, 0.4) is 0 Å². The van der Waals surface area contributed by atoms with Crippen LogP contribution in [0.15, 0.2) is 55.2 Å². The van der Waals surface area contributed by atoms with Crippen molar-refractivity contribution >= 4 is 17.9 Å². The van der Waals surface area contributed by atoms with E-state index in [1.54, 1.807) is 39.4 Å². The van der Waals surface area contributed by atoms with Gasteiger partial charge in [0.15, 0.2) is 0 Å². The maximum absolute atomic E-state index is 13.9. The van der Waals surface area contributed by atoms with E-state index in [4.69, 9.17) is 4.74 Å². The first-order valence-electron chi connectivity index (χ1n) is 15.4. The van der Waals surface area contributed by atoms with Crippen LogP contribution < -0.4 is 16.0 Å². The van der Waals surface area contributed by atoms with Crippen LogP contribution in [0.1, 0.15) is 82.5 Å². The molecule has 1 aliphatic carbocycles. The molecule has 4 atom stereocenters. The van der Waals surface area contributed by atoms with Gasteiger partial charge in [-0.2, -0.15) is 0 Å². The van der Waals surface area contributed by atoms with Gasteiger partial charge in [-0.1, -0.05) is 62.4 Å². The highest BCUT2D eigenvalue weighted by atomic mass is 16.6. The summed E-state index contributed by atoms with van der Waals surface area (Å²) < 4.78 is 5.42. The van der Waals surface area contributed by atoms with Crippen molar-refractivity contribution in [3.05, 3.63) is 72.3 Å². The van der Waals surface area contributed by atoms with Crippen LogP contribution in [0.5, 0.6) is 0 Å². The molecule has 3 amide bonds. The quantitative estimate of drug-likeness (QED) is 0.172. The normalized spacial score (nSPS) is 16.7. The highest BCUT2D eigenvalue weighted by Gasteiger charge is 2.33. The number of hydrogen-bond acceptors (Lipinski definition) is 7. The van der Waals surface area contributed by atoms with Crippen molar-refractivity contribution in [3.63, 3.8) is 0 Å². The number of hydrogen-bond donors (Lipinski definition) is 6. The Hall–Kier alpha value is -4.19. The monoisotopic (exact) mass is 607 g/mol. The van der Waals surface area contributed by atoms with E-state index in [1.807, 2.05) is 30.3 Å². The van der Waals surface area contributed by atoms with E-state index in [-0.39, 0.29) is 12.8 Å². The minimum absolute atomic E-state index is 0.0958. The molecule has 2 aromatic heterocycles. The first-order chi connectivity index (χ1) is 21.1. The maximum Gasteiger partial charge on any atom is 0.408 e. The average Bonchev–Trinajstić information content (AvgIpc) is 3.71. The summed E-state index contributed by atoms with van der Waals surface area (Å²) in [7, 11) is 0. The molecular formula is C32H45N7O5. The molecule has 3 aromatic rings. The smallest absolute Gasteiger partial charge is 0.408 e. The molecule has 0 unspecified atom stereocenters. The van der Waals surface area contributed by atoms with Crippen LogP contribution >= 0.6 is 0 Å². The van der Waals surface area contributed by atoms with E-state index in [2.05, 4.69) is 35.9 Å². The Morgan fingerprint density at radius 1 is 0.977 bits per heavy atom. The van der Waals surface area contributed by atoms with Gasteiger partial charge in [-0.15, -0.1) is 0 Å². The molecule has 0 radical (unpaired) electrons. The number of aromatic amines is 2. The molecule has 1 aromatic carbocycles. The molecule has 12 nitrogen and oxygen atoms in total. The number of carbonyl (C=O) groups is 3. The summed E-state index contributed by atoms with van der Waals surface area (Å²) >= 11 is 0. The van der Waals surface area contributed by atoms with Gasteiger partial charge in [-0.05, 0) is 38.7 Å². The second kappa shape index (κ2) is 15.5. The zero-order valence-electron chi connectivity index (χ0n) is 25.7. The number of aliphatic hydroxyl groups is 1. The first-order valence-corrected chi connectivity index (χ1v) is 15.4. The van der Waals surface area contributed by atoms with Crippen LogP contribution in [-0.2, 0) is 27.2 Å². The van der Waals surface area contributed by atoms with E-state index in [9.17, 15) is 19.5 Å². The van der Waals surface area contributed by atoms with Crippen LogP contribution in [0.25, 0.3) is 0 Å². The number of carbonyl (C=O) groups excluding carboxylic acids is 3. The first kappa shape index (κ1) is 32.7. The summed E-state index contributed by atoms with van der Waals surface area (Å²) in [6.07, 6.45) is 10.9. The van der Waals surface area contributed by atoms with Crippen molar-refractivity contribution in [3.8, 4) is 0 Å². The number of rotatable bonds is 13. The molecule has 12 heteroatoms. The molecule has 1 fully saturated rings. The molecule has 1 aliphatic rings. The number of aliphatic hydroxyl groups excluding tert-OH is 1. The predicted molar refractivity (Wildman–Crippen MR) is 164 cm³/mol. The van der Waals surface area contributed by atoms with E-state index >= 15 is 0 Å². The lowest BCUT2D eigenvalue weighted by atomic mass is 9.83. The third-order valence-corrected chi connectivity index (χ3v) is 7.71. The zero-order chi connectivity index (χ0) is 31.5. The van der Waals surface area contributed by atoms with Crippen molar-refractivity contribution in [2.45, 2.75) is 102 Å². The standard InChI is InChI=1S/C32H45N7O5/c1-32(2,3)44-31(43)39-25(17-22-12-8-5-9-13-22)29(41)38-26(18-23-19-33-20-36-23)30(42)37-24(16-21-10-6-4-7-11-21)27(40)28-34-14-15-35-28/h5,8-9,12-15,19-21,24-27,40H,4,6-7,10-11,16-18H2,1-3H3,(H,33,36)(H,34,35)(H,37,42)(H,38,41)(H,39,43)/t24-,25-,26-,27+/m0/s1. The SMILES string of the molecule is CC(C)(C)OC(=O)N[C@@H](Cc1ccccc1)C(=O)N[C@@H](Cc1c[nH]cn1)C(=O)N[C@@H](CC1CCCCC1)[C@@H](O)c1ncc[nH]1. The summed E-state index contributed by atoms with van der Waals surface area (Å²) in [6.45, 7) is 5.22. The number of ether oxygens (including phenoxy) is 1. The minimum Gasteiger partial charge on any atom is -0.444 e. The van der Waals surface area contributed by atoms with Gasteiger partial charge >= 0.3 is 6.09 Å². The number of amides is 3. The van der Waals surface area contributed by atoms with Crippen molar-refractivity contribution in [1.82, 2.24) is 35.9 Å². The van der Waals surface area contributed by atoms with Gasteiger partial charge in [-0.25, -0.2) is 14.8 Å². The number of nitrogens with one attached hydrogen (secondary N) is 5. The fourth-order valence-electron chi connectivity index (χ4n) is 5.56. The van der Waals surface area contributed by atoms with E-state index < -0.39 is 47.7 Å². The zero-order valence-corrected chi connectivity index (χ0v) is 25.7. The molecule has 238 valence electrons. The van der Waals surface area contributed by atoms with E-state index in [1.165, 1.54) is 12.7 Å². The second-order valence-corrected chi connectivity index (χ2v) is 12.5.